The van der Waals surface area contributed by atoms with E-state index in [0.717, 1.165) is 37.0 Å². The maximum Gasteiger partial charge on any atom is 0.303 e. The number of fused-ring (bicyclic) bond motifs is 1. The van der Waals surface area contributed by atoms with Crippen LogP contribution >= 0.6 is 11.4 Å². The highest BCUT2D eigenvalue weighted by molar-refractivity contribution is 8.11. The Kier molecular flexibility index (Phi) is 6.19. The lowest BCUT2D eigenvalue weighted by atomic mass is 10.1. The van der Waals surface area contributed by atoms with Crippen LogP contribution in [0, 0.1) is 0 Å². The summed E-state index contributed by atoms with van der Waals surface area (Å²) in [7, 11) is 0. The van der Waals surface area contributed by atoms with E-state index in [1.54, 1.807) is 0 Å². The second-order valence-corrected chi connectivity index (χ2v) is 7.62. The average molecular weight is 361 g/mol. The van der Waals surface area contributed by atoms with Crippen molar-refractivity contribution in [2.45, 2.75) is 32.1 Å². The number of aliphatic carboxylic acids is 1. The number of thiol groups is 1. The van der Waals surface area contributed by atoms with Crippen LogP contribution in [-0.4, -0.2) is 16.8 Å². The number of carboxylic acids is 1. The topological polar surface area (TPSA) is 67.8 Å². The number of rotatable bonds is 8. The first kappa shape index (κ1) is 17.6. The van der Waals surface area contributed by atoms with Crippen LogP contribution < -0.4 is 4.72 Å². The lowest BCUT2D eigenvalue weighted by Crippen LogP contribution is -2.03. The van der Waals surface area contributed by atoms with Crippen molar-refractivity contribution >= 4 is 34.2 Å². The summed E-state index contributed by atoms with van der Waals surface area (Å²) in [5.41, 5.74) is 1.07. The summed E-state index contributed by atoms with van der Waals surface area (Å²) in [6.07, 6.45) is 5.90. The van der Waals surface area contributed by atoms with Crippen molar-refractivity contribution in [2.75, 3.05) is 5.75 Å². The molecule has 0 bridgehead atoms. The Hall–Kier alpha value is -2.18. The van der Waals surface area contributed by atoms with E-state index in [1.165, 1.54) is 10.8 Å². The van der Waals surface area contributed by atoms with Crippen molar-refractivity contribution in [3.63, 3.8) is 0 Å². The Morgan fingerprint density at radius 2 is 1.88 bits per heavy atom. The van der Waals surface area contributed by atoms with Gasteiger partial charge in [0, 0.05) is 18.2 Å². The van der Waals surface area contributed by atoms with Gasteiger partial charge in [-0.15, -0.1) is 4.33 Å². The average Bonchev–Trinajstić information content (AvgIpc) is 3.05. The summed E-state index contributed by atoms with van der Waals surface area (Å²) in [5.74, 6) is 0.826. The van der Waals surface area contributed by atoms with Crippen molar-refractivity contribution in [3.8, 4) is 0 Å². The molecule has 6 heteroatoms. The third kappa shape index (κ3) is 5.41. The molecule has 134 valence electrons. The predicted molar refractivity (Wildman–Crippen MR) is 102 cm³/mol. The Labute approximate surface area is 150 Å². The zero-order chi connectivity index (χ0) is 17.5. The number of hydrogen-bond acceptors (Lipinski definition) is 4. The first-order valence-corrected chi connectivity index (χ1v) is 9.96. The van der Waals surface area contributed by atoms with E-state index in [-0.39, 0.29) is 6.42 Å². The van der Waals surface area contributed by atoms with Crippen LogP contribution in [0.2, 0.25) is 0 Å². The fourth-order valence-corrected chi connectivity index (χ4v) is 3.98. The maximum absolute atomic E-state index is 10.5. The van der Waals surface area contributed by atoms with Gasteiger partial charge in [0.1, 0.15) is 0 Å². The number of nitrogens with one attached hydrogen (secondary N) is 1. The second kappa shape index (κ2) is 8.78. The minimum atomic E-state index is -0.805. The molecule has 1 fully saturated rings. The summed E-state index contributed by atoms with van der Waals surface area (Å²) >= 11 is -0.805. The minimum absolute atomic E-state index is 0.255. The highest BCUT2D eigenvalue weighted by Gasteiger charge is 2.17. The summed E-state index contributed by atoms with van der Waals surface area (Å²) < 4.78 is 8.65. The van der Waals surface area contributed by atoms with Crippen LogP contribution in [0.15, 0.2) is 48.3 Å². The molecule has 1 atom stereocenters. The molecular weight excluding hydrogens is 338 g/mol. The largest absolute Gasteiger partial charge is 0.481 e. The van der Waals surface area contributed by atoms with Crippen molar-refractivity contribution < 1.29 is 19.1 Å². The normalized spacial score (nSPS) is 19.7. The smallest absolute Gasteiger partial charge is 0.303 e. The summed E-state index contributed by atoms with van der Waals surface area (Å²) in [5, 5.41) is 11.0. The fraction of sp³-hybridized carbons (Fsp3) is 0.316. The number of carboxylic acid groups (broad SMARTS) is 1. The van der Waals surface area contributed by atoms with Gasteiger partial charge in [0.05, 0.1) is 0 Å². The molecule has 0 saturated carbocycles. The van der Waals surface area contributed by atoms with E-state index in [1.807, 2.05) is 18.2 Å². The van der Waals surface area contributed by atoms with Gasteiger partial charge in [-0.1, -0.05) is 49.2 Å². The van der Waals surface area contributed by atoms with Crippen LogP contribution in [0.4, 0.5) is 0 Å². The van der Waals surface area contributed by atoms with Gasteiger partial charge in [-0.2, -0.15) is 0 Å². The van der Waals surface area contributed by atoms with Gasteiger partial charge < -0.3 is 9.99 Å². The molecular formula is C19H23NO4S. The lowest BCUT2D eigenvalue weighted by Gasteiger charge is -2.09. The van der Waals surface area contributed by atoms with Crippen LogP contribution in [0.5, 0.6) is 0 Å². The minimum Gasteiger partial charge on any atom is -0.481 e. The van der Waals surface area contributed by atoms with Gasteiger partial charge in [0.2, 0.25) is 5.88 Å². The molecule has 0 spiro atoms. The number of unbranched alkanes of at least 4 members (excludes halogenated alkanes) is 3. The van der Waals surface area contributed by atoms with Crippen molar-refractivity contribution in [3.05, 3.63) is 53.9 Å². The van der Waals surface area contributed by atoms with Gasteiger partial charge >= 0.3 is 5.97 Å². The van der Waals surface area contributed by atoms with Gasteiger partial charge in [-0.3, -0.25) is 9.52 Å². The van der Waals surface area contributed by atoms with E-state index < -0.39 is 17.3 Å². The SMILES string of the molecule is O=C(O)CCCCCC[SH]1N/C(=C/c2ccc3ccccc3c2)OO1. The van der Waals surface area contributed by atoms with E-state index in [9.17, 15) is 4.79 Å². The Morgan fingerprint density at radius 1 is 1.08 bits per heavy atom. The van der Waals surface area contributed by atoms with Crippen molar-refractivity contribution in [1.29, 1.82) is 0 Å². The molecule has 1 unspecified atom stereocenters. The van der Waals surface area contributed by atoms with Gasteiger partial charge in [-0.05, 0) is 46.6 Å². The Balaban J connectivity index is 1.45. The van der Waals surface area contributed by atoms with Crippen LogP contribution in [0.1, 0.15) is 37.7 Å². The zero-order valence-electron chi connectivity index (χ0n) is 14.0. The Bertz CT molecular complexity index is 762. The molecule has 1 aliphatic rings. The van der Waals surface area contributed by atoms with E-state index in [4.69, 9.17) is 14.3 Å². The molecule has 5 nitrogen and oxygen atoms in total. The monoisotopic (exact) mass is 361 g/mol. The number of hydrogen-bond donors (Lipinski definition) is 3. The molecule has 2 aromatic carbocycles. The Morgan fingerprint density at radius 3 is 2.72 bits per heavy atom. The van der Waals surface area contributed by atoms with E-state index in [2.05, 4.69) is 35.1 Å². The second-order valence-electron chi connectivity index (χ2n) is 6.04. The predicted octanol–water partition coefficient (Wildman–Crippen LogP) is 4.56. The quantitative estimate of drug-likeness (QED) is 0.365. The highest BCUT2D eigenvalue weighted by Crippen LogP contribution is 2.33. The number of carbonyl (C=O) groups is 1. The molecule has 1 saturated heterocycles. The molecule has 3 rings (SSSR count). The number of benzene rings is 2. The van der Waals surface area contributed by atoms with Crippen molar-refractivity contribution in [2.24, 2.45) is 0 Å². The van der Waals surface area contributed by atoms with Crippen molar-refractivity contribution in [1.82, 2.24) is 4.72 Å². The lowest BCUT2D eigenvalue weighted by molar-refractivity contribution is -0.137. The molecule has 0 aromatic heterocycles. The first-order valence-electron chi connectivity index (χ1n) is 8.52. The van der Waals surface area contributed by atoms with Gasteiger partial charge in [0.25, 0.3) is 0 Å². The molecule has 25 heavy (non-hydrogen) atoms. The third-order valence-corrected chi connectivity index (χ3v) is 5.47. The molecule has 0 aliphatic carbocycles. The zero-order valence-corrected chi connectivity index (χ0v) is 14.9. The van der Waals surface area contributed by atoms with Gasteiger partial charge in [-0.25, -0.2) is 0 Å². The summed E-state index contributed by atoms with van der Waals surface area (Å²) in [6, 6.07) is 14.5. The third-order valence-electron chi connectivity index (χ3n) is 4.03. The van der Waals surface area contributed by atoms with Gasteiger partial charge in [0.15, 0.2) is 0 Å². The molecule has 0 radical (unpaired) electrons. The van der Waals surface area contributed by atoms with Crippen LogP contribution in [0.3, 0.4) is 0 Å². The molecule has 2 N–H and O–H groups in total. The first-order chi connectivity index (χ1) is 12.2. The molecule has 1 aliphatic heterocycles. The van der Waals surface area contributed by atoms with E-state index in [0.29, 0.717) is 5.88 Å². The molecule has 2 aromatic rings. The van der Waals surface area contributed by atoms with Crippen LogP contribution in [0.25, 0.3) is 16.8 Å². The maximum atomic E-state index is 10.5. The molecule has 0 amide bonds. The van der Waals surface area contributed by atoms with Crippen LogP contribution in [-0.2, 0) is 14.0 Å². The standard InChI is InChI=1S/C19H23NO4S/c21-19(22)9-3-1-2-6-12-25-20-18(23-24-25)14-15-10-11-16-7-4-5-8-17(16)13-15/h4-5,7-8,10-11,13-14,20,25H,1-3,6,9,12H2,(H,21,22)/b18-14-. The summed E-state index contributed by atoms with van der Waals surface area (Å²) in [4.78, 5) is 15.7. The van der Waals surface area contributed by atoms with E-state index >= 15 is 0 Å². The molecule has 1 heterocycles. The fourth-order valence-electron chi connectivity index (χ4n) is 2.73. The highest BCUT2D eigenvalue weighted by atomic mass is 32.2. The summed E-state index contributed by atoms with van der Waals surface area (Å²) in [6.45, 7) is 0.